The van der Waals surface area contributed by atoms with Crippen molar-refractivity contribution in [3.05, 3.63) is 77.5 Å². The molecule has 4 heteroatoms. The van der Waals surface area contributed by atoms with Crippen LogP contribution in [0.3, 0.4) is 0 Å². The van der Waals surface area contributed by atoms with Crippen LogP contribution in [0.2, 0.25) is 0 Å². The largest absolute Gasteiger partial charge is 0.357 e. The number of hydrogen-bond acceptors (Lipinski definition) is 4. The molecule has 1 saturated carbocycles. The lowest BCUT2D eigenvalue weighted by Gasteiger charge is -2.40. The number of hydrogen-bond donors (Lipinski definition) is 0. The summed E-state index contributed by atoms with van der Waals surface area (Å²) in [6.07, 6.45) is 18.8. The summed E-state index contributed by atoms with van der Waals surface area (Å²) in [4.78, 5) is 11.2. The molecule has 0 N–H and O–H groups in total. The van der Waals surface area contributed by atoms with E-state index in [1.54, 1.807) is 28.5 Å². The second-order valence-corrected chi connectivity index (χ2v) is 12.7. The van der Waals surface area contributed by atoms with E-state index in [1.807, 2.05) is 5.55 Å². The smallest absolute Gasteiger partial charge is 0.128 e. The number of anilines is 1. The van der Waals surface area contributed by atoms with Crippen LogP contribution in [0, 0.1) is 11.8 Å². The lowest BCUT2D eigenvalue weighted by molar-refractivity contribution is 0.227. The molecule has 1 atom stereocenters. The van der Waals surface area contributed by atoms with Crippen molar-refractivity contribution in [2.75, 3.05) is 30.3 Å². The fraction of sp³-hybridized carbons (Fsp3) is 0.429. The van der Waals surface area contributed by atoms with Gasteiger partial charge in [0.1, 0.15) is 5.82 Å². The molecule has 0 spiro atoms. The number of aromatic nitrogens is 1. The van der Waals surface area contributed by atoms with Crippen molar-refractivity contribution in [3.63, 3.8) is 0 Å². The highest BCUT2D eigenvalue weighted by atomic mass is 32.2. The lowest BCUT2D eigenvalue weighted by Crippen LogP contribution is -2.29. The molecule has 1 aromatic heterocycles. The molecule has 0 bridgehead atoms. The Balaban J connectivity index is 0.000000458. The Kier molecular flexibility index (Phi) is 7.30. The van der Waals surface area contributed by atoms with E-state index in [2.05, 4.69) is 70.7 Å². The lowest BCUT2D eigenvalue weighted by atomic mass is 9.64. The highest BCUT2D eigenvalue weighted by molar-refractivity contribution is 8.12. The predicted molar refractivity (Wildman–Crippen MR) is 169 cm³/mol. The monoisotopic (exact) mass is 533 g/mol. The summed E-state index contributed by atoms with van der Waals surface area (Å²) in [7, 11) is 0. The minimum atomic E-state index is 0.762. The van der Waals surface area contributed by atoms with Crippen LogP contribution in [0.15, 0.2) is 71.4 Å². The molecule has 0 amide bonds. The van der Waals surface area contributed by atoms with Gasteiger partial charge in [-0.25, -0.2) is 4.98 Å². The van der Waals surface area contributed by atoms with Crippen molar-refractivity contribution in [1.82, 2.24) is 4.98 Å². The summed E-state index contributed by atoms with van der Waals surface area (Å²) in [5.41, 5.74) is 10.8. The van der Waals surface area contributed by atoms with Gasteiger partial charge in [-0.15, -0.1) is 11.8 Å². The first-order valence-electron chi connectivity index (χ1n) is 15.1. The zero-order valence-corrected chi connectivity index (χ0v) is 23.8. The maximum absolute atomic E-state index is 4.83. The second-order valence-electron chi connectivity index (χ2n) is 11.7. The van der Waals surface area contributed by atoms with Gasteiger partial charge in [0.15, 0.2) is 0 Å². The van der Waals surface area contributed by atoms with E-state index in [0.29, 0.717) is 0 Å². The van der Waals surface area contributed by atoms with Crippen LogP contribution in [-0.2, 0) is 6.42 Å². The van der Waals surface area contributed by atoms with E-state index >= 15 is 0 Å². The minimum absolute atomic E-state index is 0.762. The third kappa shape index (κ3) is 5.09. The number of piperidine rings is 1. The van der Waals surface area contributed by atoms with Gasteiger partial charge in [-0.1, -0.05) is 48.4 Å². The van der Waals surface area contributed by atoms with E-state index < -0.39 is 0 Å². The molecular weight excluding hydrogens is 494 g/mol. The summed E-state index contributed by atoms with van der Waals surface area (Å²) >= 11 is 1.78. The zero-order valence-electron chi connectivity index (χ0n) is 22.9. The standard InChI is InChI=1S/C32H34N2.C3H5NS/c1-4-17-34(18-5-1)32-16-13-25(21-33-32)23-11-14-26-24(19-23)12-15-29-27-9-2-3-10-28(27)30(20-31(26)29)22-7-6-8-22;1-2-5-3-4-1/h2,9,11-16,19,21-22,30H,1,3-8,10,17-18,20H2;3H,1-2H2. The van der Waals surface area contributed by atoms with Gasteiger partial charge in [-0.2, -0.15) is 0 Å². The van der Waals surface area contributed by atoms with Crippen LogP contribution in [0.1, 0.15) is 62.5 Å². The predicted octanol–water partition coefficient (Wildman–Crippen LogP) is 8.73. The molecule has 1 unspecified atom stereocenters. The molecular formula is C35H39N3S. The average Bonchev–Trinajstić information content (AvgIpc) is 3.57. The van der Waals surface area contributed by atoms with Crippen molar-refractivity contribution in [2.45, 2.75) is 57.8 Å². The van der Waals surface area contributed by atoms with Gasteiger partial charge in [0.25, 0.3) is 0 Å². The summed E-state index contributed by atoms with van der Waals surface area (Å²) < 4.78 is 0. The Hall–Kier alpha value is -2.85. The Morgan fingerprint density at radius 2 is 1.79 bits per heavy atom. The molecule has 0 radical (unpaired) electrons. The normalized spacial score (nSPS) is 22.3. The van der Waals surface area contributed by atoms with Crippen LogP contribution in [0.25, 0.3) is 27.5 Å². The van der Waals surface area contributed by atoms with Crippen molar-refractivity contribution < 1.29 is 0 Å². The molecule has 2 fully saturated rings. The van der Waals surface area contributed by atoms with Gasteiger partial charge in [0.05, 0.1) is 5.55 Å². The fourth-order valence-corrected chi connectivity index (χ4v) is 7.67. The Labute approximate surface area is 237 Å². The van der Waals surface area contributed by atoms with Crippen molar-refractivity contribution in [2.24, 2.45) is 16.8 Å². The molecule has 3 aromatic rings. The van der Waals surface area contributed by atoms with E-state index in [1.165, 1.54) is 91.0 Å². The van der Waals surface area contributed by atoms with Crippen LogP contribution in [0.4, 0.5) is 5.82 Å². The van der Waals surface area contributed by atoms with Gasteiger partial charge in [0.2, 0.25) is 0 Å². The van der Waals surface area contributed by atoms with E-state index in [-0.39, 0.29) is 0 Å². The van der Waals surface area contributed by atoms with Gasteiger partial charge in [-0.3, -0.25) is 4.99 Å². The number of aliphatic imine (C=N–C) groups is 1. The second kappa shape index (κ2) is 11.3. The topological polar surface area (TPSA) is 28.5 Å². The Morgan fingerprint density at radius 3 is 2.51 bits per heavy atom. The third-order valence-electron chi connectivity index (χ3n) is 9.47. The number of nitrogens with zero attached hydrogens (tertiary/aromatic N) is 3. The number of pyridine rings is 1. The molecule has 2 aromatic carbocycles. The quantitative estimate of drug-likeness (QED) is 0.337. The zero-order chi connectivity index (χ0) is 26.0. The summed E-state index contributed by atoms with van der Waals surface area (Å²) in [6, 6.07) is 16.3. The van der Waals surface area contributed by atoms with Crippen molar-refractivity contribution >= 4 is 39.5 Å². The number of benzene rings is 2. The number of thioether (sulfide) groups is 1. The van der Waals surface area contributed by atoms with Crippen molar-refractivity contribution in [1.29, 1.82) is 0 Å². The molecule has 3 nitrogen and oxygen atoms in total. The first kappa shape index (κ1) is 25.1. The molecule has 39 heavy (non-hydrogen) atoms. The molecule has 1 saturated heterocycles. The maximum Gasteiger partial charge on any atom is 0.128 e. The van der Waals surface area contributed by atoms with Gasteiger partial charge in [0, 0.05) is 37.1 Å². The van der Waals surface area contributed by atoms with Gasteiger partial charge >= 0.3 is 0 Å². The average molecular weight is 534 g/mol. The molecule has 2 aliphatic heterocycles. The van der Waals surface area contributed by atoms with Crippen molar-refractivity contribution in [3.8, 4) is 11.1 Å². The fourth-order valence-electron chi connectivity index (χ4n) is 7.14. The molecule has 8 rings (SSSR count). The van der Waals surface area contributed by atoms with E-state index in [4.69, 9.17) is 4.98 Å². The Bertz CT molecular complexity index is 1420. The first-order chi connectivity index (χ1) is 19.3. The third-order valence-corrected chi connectivity index (χ3v) is 10.2. The minimum Gasteiger partial charge on any atom is -0.357 e. The van der Waals surface area contributed by atoms with Crippen LogP contribution < -0.4 is 4.90 Å². The van der Waals surface area contributed by atoms with E-state index in [9.17, 15) is 0 Å². The van der Waals surface area contributed by atoms with E-state index in [0.717, 1.165) is 37.3 Å². The summed E-state index contributed by atoms with van der Waals surface area (Å²) in [5, 5.41) is 2.82. The van der Waals surface area contributed by atoms with Crippen LogP contribution in [0.5, 0.6) is 0 Å². The highest BCUT2D eigenvalue weighted by Crippen LogP contribution is 2.49. The summed E-state index contributed by atoms with van der Waals surface area (Å²) in [5.74, 6) is 3.99. The first-order valence-corrected chi connectivity index (χ1v) is 16.2. The number of fused-ring (bicyclic) bond motifs is 4. The maximum atomic E-state index is 4.83. The number of rotatable bonds is 3. The molecule has 200 valence electrons. The Morgan fingerprint density at radius 1 is 0.897 bits per heavy atom. The van der Waals surface area contributed by atoms with Crippen LogP contribution in [-0.4, -0.2) is 35.9 Å². The van der Waals surface area contributed by atoms with Gasteiger partial charge in [-0.05, 0) is 114 Å². The van der Waals surface area contributed by atoms with Crippen LogP contribution >= 0.6 is 11.8 Å². The van der Waals surface area contributed by atoms with Gasteiger partial charge < -0.3 is 4.90 Å². The molecule has 5 aliphatic rings. The SMILES string of the molecule is C1=CC2=C(CC1)C(C1CCC1)Cc1c2ccc2cc(-c3ccc(N4CCCCC4)nc3)ccc12.C1=NCCS1. The number of allylic oxidation sites excluding steroid dienone is 4. The summed E-state index contributed by atoms with van der Waals surface area (Å²) in [6.45, 7) is 3.32. The highest BCUT2D eigenvalue weighted by Gasteiger charge is 2.35. The molecule has 3 heterocycles. The molecule has 3 aliphatic carbocycles.